The minimum Gasteiger partial charge on any atom is -0.497 e. The van der Waals surface area contributed by atoms with Crippen LogP contribution in [0.5, 0.6) is 11.6 Å². The molecule has 40 heavy (non-hydrogen) atoms. The molecule has 8 nitrogen and oxygen atoms in total. The summed E-state index contributed by atoms with van der Waals surface area (Å²) in [6.45, 7) is 2.10. The highest BCUT2D eigenvalue weighted by molar-refractivity contribution is 7.92. The Labute approximate surface area is 237 Å². The molecule has 3 aromatic carbocycles. The fourth-order valence-corrected chi connectivity index (χ4v) is 5.77. The van der Waals surface area contributed by atoms with Gasteiger partial charge in [0.15, 0.2) is 5.78 Å². The van der Waals surface area contributed by atoms with Gasteiger partial charge >= 0.3 is 0 Å². The number of carbonyl (C=O) groups excluding carboxylic acids is 1. The number of methoxy groups -OCH3 is 2. The third kappa shape index (κ3) is 5.25. The molecule has 10 heteroatoms. The predicted molar refractivity (Wildman–Crippen MR) is 155 cm³/mol. The maximum atomic E-state index is 13.7. The number of hydrogen-bond donors (Lipinski definition) is 1. The van der Waals surface area contributed by atoms with Crippen LogP contribution in [0.2, 0.25) is 5.02 Å². The van der Waals surface area contributed by atoms with Gasteiger partial charge in [-0.25, -0.2) is 8.42 Å². The second-order valence-corrected chi connectivity index (χ2v) is 11.2. The summed E-state index contributed by atoms with van der Waals surface area (Å²) < 4.78 is 41.4. The number of sulfonamides is 1. The average Bonchev–Trinajstić information content (AvgIpc) is 3.23. The van der Waals surface area contributed by atoms with Crippen LogP contribution in [0.4, 0.5) is 5.69 Å². The summed E-state index contributed by atoms with van der Waals surface area (Å²) in [7, 11) is -0.779. The highest BCUT2D eigenvalue weighted by Crippen LogP contribution is 2.31. The van der Waals surface area contributed by atoms with E-state index in [4.69, 9.17) is 21.1 Å². The lowest BCUT2D eigenvalue weighted by atomic mass is 10.0. The molecule has 1 N–H and O–H groups in total. The molecule has 0 saturated carbocycles. The second kappa shape index (κ2) is 11.0. The zero-order chi connectivity index (χ0) is 28.4. The maximum Gasteiger partial charge on any atom is 0.261 e. The highest BCUT2D eigenvalue weighted by Gasteiger charge is 2.24. The summed E-state index contributed by atoms with van der Waals surface area (Å²) >= 11 is 5.94. The minimum atomic E-state index is -3.88. The number of aromatic nitrogens is 2. The lowest BCUT2D eigenvalue weighted by molar-refractivity contribution is 0.103. The van der Waals surface area contributed by atoms with Crippen molar-refractivity contribution in [3.8, 4) is 11.6 Å². The van der Waals surface area contributed by atoms with Crippen molar-refractivity contribution in [3.05, 3.63) is 112 Å². The van der Waals surface area contributed by atoms with Crippen molar-refractivity contribution in [2.75, 3.05) is 18.9 Å². The van der Waals surface area contributed by atoms with Gasteiger partial charge in [0.25, 0.3) is 10.0 Å². The Morgan fingerprint density at radius 3 is 2.30 bits per heavy atom. The second-order valence-electron chi connectivity index (χ2n) is 9.05. The van der Waals surface area contributed by atoms with Crippen LogP contribution in [0, 0.1) is 6.92 Å². The van der Waals surface area contributed by atoms with Crippen molar-refractivity contribution in [2.45, 2.75) is 18.4 Å². The standard InChI is InChI=1S/C30H26ClN3O5S/c1-19-28(29(35)20-8-12-23(38-2)13-9-20)25-16-17-27(39-3)32-30(25)34(19)18-21-6-4-5-7-26(21)33-40(36,37)24-14-10-22(31)11-15-24/h4-17,33H,18H2,1-3H3. The number of hydrogen-bond acceptors (Lipinski definition) is 6. The largest absolute Gasteiger partial charge is 0.497 e. The third-order valence-electron chi connectivity index (χ3n) is 6.64. The van der Waals surface area contributed by atoms with Crippen molar-refractivity contribution in [1.82, 2.24) is 9.55 Å². The van der Waals surface area contributed by atoms with Crippen molar-refractivity contribution in [3.63, 3.8) is 0 Å². The molecular weight excluding hydrogens is 550 g/mol. The molecule has 0 aliphatic carbocycles. The zero-order valence-corrected chi connectivity index (χ0v) is 23.6. The van der Waals surface area contributed by atoms with Gasteiger partial charge in [0.1, 0.15) is 11.4 Å². The number of ether oxygens (including phenoxy) is 2. The van der Waals surface area contributed by atoms with Crippen LogP contribution in [-0.2, 0) is 16.6 Å². The van der Waals surface area contributed by atoms with E-state index in [-0.39, 0.29) is 17.2 Å². The van der Waals surface area contributed by atoms with Gasteiger partial charge in [-0.05, 0) is 73.2 Å². The number of nitrogens with zero attached hydrogens (tertiary/aromatic N) is 2. The van der Waals surface area contributed by atoms with Gasteiger partial charge in [-0.15, -0.1) is 0 Å². The van der Waals surface area contributed by atoms with Crippen molar-refractivity contribution < 1.29 is 22.7 Å². The molecule has 0 aliphatic heterocycles. The predicted octanol–water partition coefficient (Wildman–Crippen LogP) is 6.10. The number of fused-ring (bicyclic) bond motifs is 1. The molecule has 0 aliphatic rings. The van der Waals surface area contributed by atoms with Gasteiger partial charge in [0.2, 0.25) is 5.88 Å². The molecule has 2 aromatic heterocycles. The number of rotatable bonds is 9. The molecule has 204 valence electrons. The normalized spacial score (nSPS) is 11.4. The van der Waals surface area contributed by atoms with E-state index in [0.717, 1.165) is 0 Å². The van der Waals surface area contributed by atoms with Crippen molar-refractivity contribution in [1.29, 1.82) is 0 Å². The van der Waals surface area contributed by atoms with Gasteiger partial charge in [0.05, 0.1) is 36.9 Å². The molecule has 5 aromatic rings. The van der Waals surface area contributed by atoms with E-state index in [1.165, 1.54) is 31.4 Å². The number of para-hydroxylation sites is 1. The first-order chi connectivity index (χ1) is 19.2. The number of ketones is 1. The van der Waals surface area contributed by atoms with Crippen LogP contribution < -0.4 is 14.2 Å². The topological polar surface area (TPSA) is 99.5 Å². The molecule has 0 spiro atoms. The Morgan fingerprint density at radius 1 is 0.925 bits per heavy atom. The first-order valence-electron chi connectivity index (χ1n) is 12.3. The van der Waals surface area contributed by atoms with Crippen molar-refractivity contribution in [2.24, 2.45) is 0 Å². The summed E-state index contributed by atoms with van der Waals surface area (Å²) in [6, 6.07) is 23.5. The molecule has 0 unspecified atom stereocenters. The lowest BCUT2D eigenvalue weighted by Crippen LogP contribution is -2.15. The Morgan fingerprint density at radius 2 is 1.62 bits per heavy atom. The van der Waals surface area contributed by atoms with E-state index in [9.17, 15) is 13.2 Å². The fourth-order valence-electron chi connectivity index (χ4n) is 4.55. The Kier molecular flexibility index (Phi) is 7.51. The van der Waals surface area contributed by atoms with Crippen LogP contribution in [0.25, 0.3) is 11.0 Å². The van der Waals surface area contributed by atoms with Gasteiger partial charge < -0.3 is 14.0 Å². The van der Waals surface area contributed by atoms with E-state index in [0.29, 0.717) is 55.8 Å². The molecular formula is C30H26ClN3O5S. The van der Waals surface area contributed by atoms with Crippen LogP contribution in [0.15, 0.2) is 89.8 Å². The Bertz CT molecular complexity index is 1820. The third-order valence-corrected chi connectivity index (χ3v) is 8.28. The smallest absolute Gasteiger partial charge is 0.261 e. The number of pyridine rings is 1. The number of benzene rings is 3. The van der Waals surface area contributed by atoms with Crippen LogP contribution in [0.1, 0.15) is 27.2 Å². The summed E-state index contributed by atoms with van der Waals surface area (Å²) in [5, 5.41) is 1.11. The SMILES string of the molecule is COc1ccc(C(=O)c2c(C)n(Cc3ccccc3NS(=O)(=O)c3ccc(Cl)cc3)c3nc(OC)ccc23)cc1. The van der Waals surface area contributed by atoms with E-state index in [1.807, 2.05) is 29.7 Å². The van der Waals surface area contributed by atoms with Crippen molar-refractivity contribution >= 4 is 44.1 Å². The Balaban J connectivity index is 1.58. The number of halogens is 1. The first-order valence-corrected chi connectivity index (χ1v) is 14.2. The van der Waals surface area contributed by atoms with E-state index in [1.54, 1.807) is 49.6 Å². The van der Waals surface area contributed by atoms with Gasteiger partial charge in [-0.2, -0.15) is 4.98 Å². The number of nitrogens with one attached hydrogen (secondary N) is 1. The quantitative estimate of drug-likeness (QED) is 0.213. The zero-order valence-electron chi connectivity index (χ0n) is 22.0. The minimum absolute atomic E-state index is 0.0908. The summed E-state index contributed by atoms with van der Waals surface area (Å²) in [5.41, 5.74) is 3.35. The van der Waals surface area contributed by atoms with Crippen LogP contribution in [-0.4, -0.2) is 38.0 Å². The molecule has 0 saturated heterocycles. The van der Waals surface area contributed by atoms with Crippen LogP contribution in [0.3, 0.4) is 0 Å². The van der Waals surface area contributed by atoms with E-state index in [2.05, 4.69) is 9.71 Å². The molecule has 0 atom stereocenters. The molecule has 5 rings (SSSR count). The average molecular weight is 576 g/mol. The van der Waals surface area contributed by atoms with Gasteiger partial charge in [-0.3, -0.25) is 9.52 Å². The van der Waals surface area contributed by atoms with E-state index >= 15 is 0 Å². The molecule has 2 heterocycles. The van der Waals surface area contributed by atoms with Gasteiger partial charge in [0, 0.05) is 27.7 Å². The Hall–Kier alpha value is -4.34. The summed E-state index contributed by atoms with van der Waals surface area (Å²) in [4.78, 5) is 18.5. The highest BCUT2D eigenvalue weighted by atomic mass is 35.5. The molecule has 0 fully saturated rings. The fraction of sp³-hybridized carbons (Fsp3) is 0.133. The molecule has 0 radical (unpaired) electrons. The van der Waals surface area contributed by atoms with E-state index < -0.39 is 10.0 Å². The summed E-state index contributed by atoms with van der Waals surface area (Å²) in [5.74, 6) is 0.888. The first kappa shape index (κ1) is 27.2. The summed E-state index contributed by atoms with van der Waals surface area (Å²) in [6.07, 6.45) is 0. The molecule has 0 amide bonds. The van der Waals surface area contributed by atoms with Crippen LogP contribution >= 0.6 is 11.6 Å². The number of carbonyl (C=O) groups is 1. The number of anilines is 1. The van der Waals surface area contributed by atoms with Gasteiger partial charge in [-0.1, -0.05) is 29.8 Å². The monoisotopic (exact) mass is 575 g/mol. The molecule has 0 bridgehead atoms. The lowest BCUT2D eigenvalue weighted by Gasteiger charge is -2.15. The maximum absolute atomic E-state index is 13.7.